The van der Waals surface area contributed by atoms with Crippen molar-refractivity contribution in [2.45, 2.75) is 6.92 Å². The molecule has 5 nitrogen and oxygen atoms in total. The maximum absolute atomic E-state index is 5.29. The average molecular weight is 192 g/mol. The predicted molar refractivity (Wildman–Crippen MR) is 54.8 cm³/mol. The molecular formula is C9H12N4O. The number of anilines is 1. The van der Waals surface area contributed by atoms with E-state index in [1.165, 1.54) is 6.20 Å². The van der Waals surface area contributed by atoms with Gasteiger partial charge in [-0.05, 0) is 18.7 Å². The molecule has 0 spiro atoms. The fourth-order valence-corrected chi connectivity index (χ4v) is 0.728. The average Bonchev–Trinajstić information content (AvgIpc) is 2.60. The van der Waals surface area contributed by atoms with E-state index in [0.29, 0.717) is 11.4 Å². The van der Waals surface area contributed by atoms with Gasteiger partial charge in [-0.3, -0.25) is 0 Å². The summed E-state index contributed by atoms with van der Waals surface area (Å²) in [5.41, 5.74) is 12.1. The number of hydrogen-bond acceptors (Lipinski definition) is 5. The third-order valence-electron chi connectivity index (χ3n) is 1.54. The largest absolute Gasteiger partial charge is 0.404 e. The van der Waals surface area contributed by atoms with Crippen LogP contribution < -0.4 is 11.5 Å². The lowest BCUT2D eigenvalue weighted by Gasteiger charge is -1.90. The van der Waals surface area contributed by atoms with E-state index in [1.54, 1.807) is 12.2 Å². The van der Waals surface area contributed by atoms with Crippen molar-refractivity contribution in [1.29, 1.82) is 0 Å². The van der Waals surface area contributed by atoms with Crippen molar-refractivity contribution in [2.75, 3.05) is 5.73 Å². The lowest BCUT2D eigenvalue weighted by Crippen LogP contribution is -1.86. The molecule has 0 saturated heterocycles. The number of nitrogens with two attached hydrogens (primary N) is 2. The molecule has 1 aromatic heterocycles. The molecule has 0 aliphatic heterocycles. The Morgan fingerprint density at radius 2 is 2.21 bits per heavy atom. The van der Waals surface area contributed by atoms with Gasteiger partial charge in [-0.25, -0.2) is 0 Å². The number of nitrogen functional groups attached to an aromatic ring is 1. The summed E-state index contributed by atoms with van der Waals surface area (Å²) in [6.45, 7) is 5.62. The van der Waals surface area contributed by atoms with Gasteiger partial charge >= 0.3 is 6.01 Å². The van der Waals surface area contributed by atoms with E-state index < -0.39 is 0 Å². The van der Waals surface area contributed by atoms with Crippen LogP contribution in [0, 0.1) is 0 Å². The van der Waals surface area contributed by atoms with Crippen molar-refractivity contribution in [1.82, 2.24) is 10.1 Å². The van der Waals surface area contributed by atoms with Crippen molar-refractivity contribution < 1.29 is 4.52 Å². The van der Waals surface area contributed by atoms with Gasteiger partial charge in [0.2, 0.25) is 5.82 Å². The van der Waals surface area contributed by atoms with E-state index >= 15 is 0 Å². The third-order valence-corrected chi connectivity index (χ3v) is 1.54. The molecule has 0 atom stereocenters. The molecule has 1 heterocycles. The Morgan fingerprint density at radius 1 is 1.50 bits per heavy atom. The molecule has 0 aliphatic rings. The van der Waals surface area contributed by atoms with Gasteiger partial charge in [-0.2, -0.15) is 4.98 Å². The molecule has 0 aliphatic carbocycles. The summed E-state index contributed by atoms with van der Waals surface area (Å²) in [5.74, 6) is 0.378. The van der Waals surface area contributed by atoms with Gasteiger partial charge in [0.05, 0.1) is 0 Å². The zero-order valence-electron chi connectivity index (χ0n) is 7.90. The van der Waals surface area contributed by atoms with Crippen molar-refractivity contribution in [3.8, 4) is 0 Å². The monoisotopic (exact) mass is 192 g/mol. The fraction of sp³-hybridized carbons (Fsp3) is 0.111. The van der Waals surface area contributed by atoms with Crippen LogP contribution in [0.3, 0.4) is 0 Å². The van der Waals surface area contributed by atoms with Crippen molar-refractivity contribution >= 4 is 11.6 Å². The second-order valence-electron chi connectivity index (χ2n) is 2.73. The molecule has 5 heteroatoms. The summed E-state index contributed by atoms with van der Waals surface area (Å²) < 4.78 is 4.60. The molecule has 0 saturated carbocycles. The fourth-order valence-electron chi connectivity index (χ4n) is 0.728. The molecule has 74 valence electrons. The summed E-state index contributed by atoms with van der Waals surface area (Å²) in [5, 5.41) is 3.61. The van der Waals surface area contributed by atoms with Gasteiger partial charge in [0.1, 0.15) is 0 Å². The molecular weight excluding hydrogens is 180 g/mol. The standard InChI is InChI=1S/C9H12N4O/c1-6(5-10)3-4-7(2)8-12-9(11)14-13-8/h3-5H,2,10H2,1H3,(H2,11,12,13)/b4-3-,6-5-. The smallest absolute Gasteiger partial charge is 0.319 e. The minimum absolute atomic E-state index is 0.0284. The normalized spacial score (nSPS) is 12.2. The number of nitrogens with zero attached hydrogens (tertiary/aromatic N) is 2. The Bertz CT molecular complexity index is 389. The quantitative estimate of drug-likeness (QED) is 0.699. The van der Waals surface area contributed by atoms with Crippen LogP contribution >= 0.6 is 0 Å². The van der Waals surface area contributed by atoms with Gasteiger partial charge in [0.25, 0.3) is 0 Å². The van der Waals surface area contributed by atoms with E-state index in [-0.39, 0.29) is 6.01 Å². The summed E-state index contributed by atoms with van der Waals surface area (Å²) in [6, 6.07) is 0.0284. The molecule has 4 N–H and O–H groups in total. The highest BCUT2D eigenvalue weighted by atomic mass is 16.5. The maximum Gasteiger partial charge on any atom is 0.319 e. The summed E-state index contributed by atoms with van der Waals surface area (Å²) in [4.78, 5) is 3.81. The summed E-state index contributed by atoms with van der Waals surface area (Å²) in [7, 11) is 0. The third kappa shape index (κ3) is 2.48. The summed E-state index contributed by atoms with van der Waals surface area (Å²) >= 11 is 0. The molecule has 1 rings (SSSR count). The highest BCUT2D eigenvalue weighted by Crippen LogP contribution is 2.11. The lowest BCUT2D eigenvalue weighted by atomic mass is 10.2. The second kappa shape index (κ2) is 4.27. The Kier molecular flexibility index (Phi) is 3.06. The first kappa shape index (κ1) is 10.0. The van der Waals surface area contributed by atoms with Crippen molar-refractivity contribution in [3.05, 3.63) is 36.3 Å². The SMILES string of the molecule is C=C(/C=C\C(C)=C/N)c1noc(N)n1. The molecule has 0 amide bonds. The highest BCUT2D eigenvalue weighted by Gasteiger charge is 2.03. The van der Waals surface area contributed by atoms with E-state index in [0.717, 1.165) is 5.57 Å². The van der Waals surface area contributed by atoms with Gasteiger partial charge in [0.15, 0.2) is 0 Å². The summed E-state index contributed by atoms with van der Waals surface area (Å²) in [6.07, 6.45) is 5.03. The van der Waals surface area contributed by atoms with Crippen LogP contribution in [0.5, 0.6) is 0 Å². The maximum atomic E-state index is 5.29. The first-order chi connectivity index (χ1) is 6.63. The lowest BCUT2D eigenvalue weighted by molar-refractivity contribution is 0.433. The van der Waals surface area contributed by atoms with E-state index in [2.05, 4.69) is 21.2 Å². The molecule has 1 aromatic rings. The molecule has 0 bridgehead atoms. The van der Waals surface area contributed by atoms with Gasteiger partial charge < -0.3 is 16.0 Å². The van der Waals surface area contributed by atoms with Crippen LogP contribution in [-0.2, 0) is 0 Å². The van der Waals surface area contributed by atoms with E-state index in [1.807, 2.05) is 6.92 Å². The molecule has 0 unspecified atom stereocenters. The van der Waals surface area contributed by atoms with Crippen LogP contribution in [0.4, 0.5) is 6.01 Å². The van der Waals surface area contributed by atoms with Gasteiger partial charge in [0, 0.05) is 5.57 Å². The van der Waals surface area contributed by atoms with Gasteiger partial charge in [-0.15, -0.1) is 0 Å². The molecule has 14 heavy (non-hydrogen) atoms. The molecule has 0 radical (unpaired) electrons. The number of rotatable bonds is 3. The Hall–Kier alpha value is -2.04. The number of hydrogen-bond donors (Lipinski definition) is 2. The number of aromatic nitrogens is 2. The molecule has 0 aromatic carbocycles. The minimum Gasteiger partial charge on any atom is -0.404 e. The minimum atomic E-state index is 0.0284. The van der Waals surface area contributed by atoms with Crippen LogP contribution in [0.1, 0.15) is 12.7 Å². The Balaban J connectivity index is 2.73. The Morgan fingerprint density at radius 3 is 2.71 bits per heavy atom. The first-order valence-corrected chi connectivity index (χ1v) is 3.98. The molecule has 0 fully saturated rings. The van der Waals surface area contributed by atoms with Crippen LogP contribution in [0.15, 0.2) is 35.0 Å². The second-order valence-corrected chi connectivity index (χ2v) is 2.73. The van der Waals surface area contributed by atoms with Crippen molar-refractivity contribution in [3.63, 3.8) is 0 Å². The van der Waals surface area contributed by atoms with E-state index in [9.17, 15) is 0 Å². The zero-order valence-corrected chi connectivity index (χ0v) is 7.90. The highest BCUT2D eigenvalue weighted by molar-refractivity contribution is 5.67. The topological polar surface area (TPSA) is 91.0 Å². The van der Waals surface area contributed by atoms with Crippen molar-refractivity contribution in [2.24, 2.45) is 5.73 Å². The zero-order chi connectivity index (χ0) is 10.6. The van der Waals surface area contributed by atoms with E-state index in [4.69, 9.17) is 11.5 Å². The van der Waals surface area contributed by atoms with Gasteiger partial charge in [-0.1, -0.05) is 23.9 Å². The van der Waals surface area contributed by atoms with Crippen LogP contribution in [0.2, 0.25) is 0 Å². The van der Waals surface area contributed by atoms with Crippen LogP contribution in [-0.4, -0.2) is 10.1 Å². The van der Waals surface area contributed by atoms with Crippen LogP contribution in [0.25, 0.3) is 5.57 Å². The Labute approximate surface area is 81.8 Å². The predicted octanol–water partition coefficient (Wildman–Crippen LogP) is 1.08. The first-order valence-electron chi connectivity index (χ1n) is 3.98. The number of allylic oxidation sites excluding steroid dienone is 4.